The first-order valence-electron chi connectivity index (χ1n) is 12.5. The van der Waals surface area contributed by atoms with Gasteiger partial charge < -0.3 is 4.90 Å². The van der Waals surface area contributed by atoms with Crippen molar-refractivity contribution in [2.24, 2.45) is 11.3 Å². The smallest absolute Gasteiger partial charge is 0.229 e. The molecule has 0 spiro atoms. The van der Waals surface area contributed by atoms with Gasteiger partial charge in [0.2, 0.25) is 5.91 Å². The zero-order valence-corrected chi connectivity index (χ0v) is 24.2. The van der Waals surface area contributed by atoms with Crippen LogP contribution in [0.2, 0.25) is 10.0 Å². The Morgan fingerprint density at radius 1 is 1.11 bits per heavy atom. The summed E-state index contributed by atoms with van der Waals surface area (Å²) in [5, 5.41) is 0.958. The number of allylic oxidation sites excluding steroid dienone is 1. The first-order chi connectivity index (χ1) is 16.8. The van der Waals surface area contributed by atoms with Gasteiger partial charge in [-0.3, -0.25) is 9.57 Å². The summed E-state index contributed by atoms with van der Waals surface area (Å²) in [6, 6.07) is 14.8. The molecule has 0 aromatic heterocycles. The van der Waals surface area contributed by atoms with Gasteiger partial charge in [-0.25, -0.2) is 4.21 Å². The molecule has 1 amide bonds. The maximum atomic E-state index is 14.4. The second-order valence-corrected chi connectivity index (χ2v) is 14.5. The molecule has 7 heteroatoms. The van der Waals surface area contributed by atoms with Crippen LogP contribution in [0.1, 0.15) is 70.5 Å². The number of carbonyl (C=O) groups excluding carboxylic acids is 1. The van der Waals surface area contributed by atoms with Crippen molar-refractivity contribution in [1.82, 2.24) is 4.90 Å². The van der Waals surface area contributed by atoms with E-state index >= 15 is 0 Å². The van der Waals surface area contributed by atoms with Crippen LogP contribution in [0.25, 0.3) is 0 Å². The van der Waals surface area contributed by atoms with Crippen LogP contribution in [0.3, 0.4) is 0 Å². The average Bonchev–Trinajstić information content (AvgIpc) is 2.80. The molecule has 2 aromatic carbocycles. The molecule has 1 unspecified atom stereocenters. The van der Waals surface area contributed by atoms with Crippen LogP contribution < -0.4 is 0 Å². The lowest BCUT2D eigenvalue weighted by molar-refractivity contribution is -0.155. The summed E-state index contributed by atoms with van der Waals surface area (Å²) in [7, 11) is -2.92. The molecular formula is C29H38Cl2N2O2S. The fourth-order valence-electron chi connectivity index (χ4n) is 5.29. The van der Waals surface area contributed by atoms with Gasteiger partial charge >= 0.3 is 0 Å². The number of nitrogens with zero attached hydrogens (tertiary/aromatic N) is 1. The number of benzene rings is 2. The normalized spacial score (nSPS) is 25.1. The number of hydrogen-bond donors (Lipinski definition) is 1. The molecule has 0 radical (unpaired) electrons. The first-order valence-corrected chi connectivity index (χ1v) is 15.0. The number of piperidine rings is 1. The third-order valence-electron chi connectivity index (χ3n) is 7.49. The Bertz CT molecular complexity index is 1190. The van der Waals surface area contributed by atoms with Gasteiger partial charge in [-0.05, 0) is 54.2 Å². The number of halogens is 2. The monoisotopic (exact) mass is 548 g/mol. The summed E-state index contributed by atoms with van der Waals surface area (Å²) in [5.41, 5.74) is 1.32. The van der Waals surface area contributed by atoms with Crippen molar-refractivity contribution >= 4 is 38.8 Å². The number of amides is 1. The summed E-state index contributed by atoms with van der Waals surface area (Å²) in [5.74, 6) is 0.0811. The Kier molecular flexibility index (Phi) is 9.01. The lowest BCUT2D eigenvalue weighted by atomic mass is 9.67. The predicted molar refractivity (Wildman–Crippen MR) is 152 cm³/mol. The van der Waals surface area contributed by atoms with Crippen molar-refractivity contribution in [3.05, 3.63) is 82.4 Å². The Hall–Kier alpha value is -1.82. The van der Waals surface area contributed by atoms with Crippen molar-refractivity contribution in [3.8, 4) is 0 Å². The van der Waals surface area contributed by atoms with E-state index in [0.717, 1.165) is 11.1 Å². The van der Waals surface area contributed by atoms with E-state index < -0.39 is 15.1 Å². The minimum atomic E-state index is -2.92. The fourth-order valence-corrected chi connectivity index (χ4v) is 7.06. The van der Waals surface area contributed by atoms with Crippen LogP contribution in [-0.4, -0.2) is 32.1 Å². The van der Waals surface area contributed by atoms with Gasteiger partial charge in [0.05, 0.1) is 17.2 Å². The fraction of sp³-hybridized carbons (Fsp3) is 0.483. The first kappa shape index (κ1) is 28.7. The second kappa shape index (κ2) is 11.3. The van der Waals surface area contributed by atoms with Crippen LogP contribution in [0.5, 0.6) is 0 Å². The maximum absolute atomic E-state index is 14.4. The zero-order chi connectivity index (χ0) is 26.8. The highest BCUT2D eigenvalue weighted by Gasteiger charge is 2.52. The molecule has 1 fully saturated rings. The van der Waals surface area contributed by atoms with Gasteiger partial charge in [0.15, 0.2) is 0 Å². The van der Waals surface area contributed by atoms with E-state index in [1.807, 2.05) is 82.0 Å². The Morgan fingerprint density at radius 3 is 2.28 bits per heavy atom. The Balaban J connectivity index is 2.29. The van der Waals surface area contributed by atoms with Crippen molar-refractivity contribution in [2.45, 2.75) is 70.7 Å². The second-order valence-electron chi connectivity index (χ2n) is 10.9. The number of rotatable bonds is 9. The zero-order valence-electron chi connectivity index (χ0n) is 21.8. The average molecular weight is 550 g/mol. The highest BCUT2D eigenvalue weighted by Crippen LogP contribution is 2.52. The van der Waals surface area contributed by atoms with Crippen LogP contribution in [0, 0.1) is 16.1 Å². The molecule has 3 rings (SSSR count). The third kappa shape index (κ3) is 6.00. The van der Waals surface area contributed by atoms with Crippen LogP contribution in [-0.2, 0) is 14.5 Å². The molecule has 0 aliphatic carbocycles. The molecule has 1 aliphatic rings. The molecule has 5 atom stereocenters. The molecule has 0 saturated carbocycles. The number of likely N-dealkylation sites (tertiary alicyclic amines) is 1. The Morgan fingerprint density at radius 2 is 1.75 bits per heavy atom. The largest absolute Gasteiger partial charge is 0.330 e. The molecule has 1 N–H and O–H groups in total. The molecule has 4 nitrogen and oxygen atoms in total. The van der Waals surface area contributed by atoms with E-state index in [0.29, 0.717) is 22.9 Å². The summed E-state index contributed by atoms with van der Waals surface area (Å²) < 4.78 is 22.0. The quantitative estimate of drug-likeness (QED) is 0.321. The lowest BCUT2D eigenvalue weighted by Crippen LogP contribution is -2.58. The predicted octanol–water partition coefficient (Wildman–Crippen LogP) is 8.11. The van der Waals surface area contributed by atoms with Crippen LogP contribution in [0.4, 0.5) is 0 Å². The highest BCUT2D eigenvalue weighted by molar-refractivity contribution is 7.93. The van der Waals surface area contributed by atoms with E-state index in [2.05, 4.69) is 12.6 Å². The van der Waals surface area contributed by atoms with Crippen LogP contribution >= 0.6 is 23.2 Å². The standard InChI is InChI=1S/C29H38Cl2N2O2S/c1-7-15-29(6)17-25(22-9-8-10-24(31)16-22)27(21-11-13-23(30)14-12-21)33(28(29)34)26(19(2)3)18-36(32,35)20(4)5/h7-14,16,19-20,25-27,32H,1,15,17-18H2,2-6H3/t25-,26-,27-,29+,36?/m1/s1. The molecule has 1 aliphatic heterocycles. The summed E-state index contributed by atoms with van der Waals surface area (Å²) in [6.45, 7) is 13.7. The van der Waals surface area contributed by atoms with Gasteiger partial charge in [0.1, 0.15) is 0 Å². The summed E-state index contributed by atoms with van der Waals surface area (Å²) in [6.07, 6.45) is 2.95. The minimum Gasteiger partial charge on any atom is -0.330 e. The van der Waals surface area contributed by atoms with Crippen molar-refractivity contribution in [3.63, 3.8) is 0 Å². The van der Waals surface area contributed by atoms with Crippen molar-refractivity contribution < 1.29 is 9.00 Å². The van der Waals surface area contributed by atoms with Crippen molar-refractivity contribution in [1.29, 1.82) is 4.78 Å². The maximum Gasteiger partial charge on any atom is 0.229 e. The summed E-state index contributed by atoms with van der Waals surface area (Å²) in [4.78, 5) is 16.4. The Labute approximate surface area is 227 Å². The van der Waals surface area contributed by atoms with E-state index in [4.69, 9.17) is 28.0 Å². The highest BCUT2D eigenvalue weighted by atomic mass is 35.5. The van der Waals surface area contributed by atoms with E-state index in [1.54, 1.807) is 6.08 Å². The minimum absolute atomic E-state index is 0.000215. The molecule has 1 heterocycles. The van der Waals surface area contributed by atoms with E-state index in [1.165, 1.54) is 0 Å². The molecule has 2 aromatic rings. The van der Waals surface area contributed by atoms with E-state index in [-0.39, 0.29) is 40.8 Å². The molecule has 1 saturated heterocycles. The molecule has 36 heavy (non-hydrogen) atoms. The van der Waals surface area contributed by atoms with Gasteiger partial charge in [0.25, 0.3) is 0 Å². The van der Waals surface area contributed by atoms with Crippen LogP contribution in [0.15, 0.2) is 61.2 Å². The SMILES string of the molecule is C=CC[C@@]1(C)C[C@H](c2cccc(Cl)c2)[C@@H](c2ccc(Cl)cc2)N([C@H](CS(=N)(=O)C(C)C)C(C)C)C1=O. The van der Waals surface area contributed by atoms with Gasteiger partial charge in [-0.2, -0.15) is 0 Å². The topological polar surface area (TPSA) is 61.2 Å². The van der Waals surface area contributed by atoms with Gasteiger partial charge in [-0.1, -0.05) is 88.2 Å². The third-order valence-corrected chi connectivity index (χ3v) is 10.3. The number of carbonyl (C=O) groups is 1. The van der Waals surface area contributed by atoms with Gasteiger partial charge in [0, 0.05) is 37.0 Å². The van der Waals surface area contributed by atoms with Gasteiger partial charge in [-0.15, -0.1) is 6.58 Å². The molecule has 0 bridgehead atoms. The number of nitrogens with one attached hydrogen (secondary N) is 1. The van der Waals surface area contributed by atoms with E-state index in [9.17, 15) is 9.00 Å². The molecule has 196 valence electrons. The van der Waals surface area contributed by atoms with Crippen molar-refractivity contribution in [2.75, 3.05) is 5.75 Å². The summed E-state index contributed by atoms with van der Waals surface area (Å²) >= 11 is 12.7. The lowest BCUT2D eigenvalue weighted by Gasteiger charge is -2.53. The number of hydrogen-bond acceptors (Lipinski definition) is 3. The molecular weight excluding hydrogens is 511 g/mol.